The van der Waals surface area contributed by atoms with Gasteiger partial charge in [-0.05, 0) is 37.5 Å². The van der Waals surface area contributed by atoms with Crippen molar-refractivity contribution in [2.24, 2.45) is 4.99 Å². The maximum atomic E-state index is 14.6. The summed E-state index contributed by atoms with van der Waals surface area (Å²) in [7, 11) is 0. The molecule has 3 N–H and O–H groups in total. The van der Waals surface area contributed by atoms with Crippen LogP contribution < -0.4 is 10.6 Å². The molecule has 1 aromatic carbocycles. The molecule has 0 aliphatic carbocycles. The molecule has 1 aromatic heterocycles. The Hall–Kier alpha value is -2.77. The number of likely N-dealkylation sites (tertiary alicyclic amines) is 1. The van der Waals surface area contributed by atoms with E-state index in [0.29, 0.717) is 52.4 Å². The predicted octanol–water partition coefficient (Wildman–Crippen LogP) is 4.88. The molecule has 39 heavy (non-hydrogen) atoms. The number of hydrogen-bond acceptors (Lipinski definition) is 7. The first kappa shape index (κ1) is 29.2. The highest BCUT2D eigenvalue weighted by molar-refractivity contribution is 9.10. The van der Waals surface area contributed by atoms with Gasteiger partial charge in [0, 0.05) is 53.7 Å². The van der Waals surface area contributed by atoms with Gasteiger partial charge in [-0.1, -0.05) is 28.4 Å². The van der Waals surface area contributed by atoms with E-state index in [0.717, 1.165) is 0 Å². The lowest BCUT2D eigenvalue weighted by atomic mass is 9.94. The molecular formula is C26H29BrF3N5O3S. The number of carbonyl (C=O) groups excluding carboxylic acids is 1. The first-order valence-corrected chi connectivity index (χ1v) is 14.3. The molecule has 2 atom stereocenters. The summed E-state index contributed by atoms with van der Waals surface area (Å²) in [5.74, 6) is -4.31. The number of likely N-dealkylation sites (N-methyl/N-ethyl adjacent to an activating group) is 1. The molecular weight excluding hydrogens is 599 g/mol. The molecule has 8 nitrogen and oxygen atoms in total. The molecule has 210 valence electrons. The lowest BCUT2D eigenvalue weighted by Crippen LogP contribution is -2.43. The molecule has 0 unspecified atom stereocenters. The van der Waals surface area contributed by atoms with Gasteiger partial charge in [-0.15, -0.1) is 11.3 Å². The van der Waals surface area contributed by atoms with Crippen LogP contribution in [0.3, 0.4) is 0 Å². The number of nitrogens with one attached hydrogen (secondary N) is 2. The first-order valence-electron chi connectivity index (χ1n) is 12.6. The molecule has 1 fully saturated rings. The third-order valence-electron chi connectivity index (χ3n) is 6.62. The number of unbranched alkanes of at least 4 members (excludes halogenated alkanes) is 1. The number of alkyl halides is 2. The normalized spacial score (nSPS) is 21.0. The van der Waals surface area contributed by atoms with Crippen LogP contribution in [-0.4, -0.2) is 64.3 Å². The summed E-state index contributed by atoms with van der Waals surface area (Å²) in [6, 6.07) is 2.78. The first-order chi connectivity index (χ1) is 18.6. The molecule has 4 rings (SSSR count). The SMILES string of the molecule is CCNC(=O)C1=C(CN2CC(F)(F)C[C@H]2CCCCC(=O)O)NC(c2nccs2)=N[C@H]1c1ccc(F)cc1Br. The minimum absolute atomic E-state index is 0.0149. The Morgan fingerprint density at radius 1 is 1.33 bits per heavy atom. The minimum atomic E-state index is -2.91. The molecule has 2 aliphatic rings. The highest BCUT2D eigenvalue weighted by Crippen LogP contribution is 2.39. The maximum absolute atomic E-state index is 14.6. The van der Waals surface area contributed by atoms with Gasteiger partial charge in [-0.3, -0.25) is 19.5 Å². The highest BCUT2D eigenvalue weighted by atomic mass is 79.9. The van der Waals surface area contributed by atoms with E-state index in [-0.39, 0.29) is 25.0 Å². The van der Waals surface area contributed by atoms with E-state index in [1.165, 1.54) is 23.5 Å². The van der Waals surface area contributed by atoms with Gasteiger partial charge in [0.2, 0.25) is 0 Å². The van der Waals surface area contributed by atoms with Crippen molar-refractivity contribution in [1.82, 2.24) is 20.5 Å². The maximum Gasteiger partial charge on any atom is 0.303 e. The summed E-state index contributed by atoms with van der Waals surface area (Å²) in [6.07, 6.45) is 2.56. The summed E-state index contributed by atoms with van der Waals surface area (Å²) in [5, 5.41) is 17.2. The van der Waals surface area contributed by atoms with Crippen molar-refractivity contribution in [3.8, 4) is 0 Å². The van der Waals surface area contributed by atoms with Crippen LogP contribution in [0.5, 0.6) is 0 Å². The number of hydrogen-bond donors (Lipinski definition) is 3. The van der Waals surface area contributed by atoms with E-state index >= 15 is 0 Å². The number of aliphatic imine (C=N–C) groups is 1. The topological polar surface area (TPSA) is 107 Å². The van der Waals surface area contributed by atoms with Crippen LogP contribution >= 0.6 is 27.3 Å². The van der Waals surface area contributed by atoms with E-state index < -0.39 is 42.2 Å². The van der Waals surface area contributed by atoms with Gasteiger partial charge in [-0.25, -0.2) is 18.2 Å². The molecule has 0 spiro atoms. The Balaban J connectivity index is 1.73. The number of aliphatic carboxylic acids is 1. The average molecular weight is 629 g/mol. The number of amidine groups is 1. The number of nitrogens with zero attached hydrogens (tertiary/aromatic N) is 3. The summed E-state index contributed by atoms with van der Waals surface area (Å²) in [6.45, 7) is 1.64. The van der Waals surface area contributed by atoms with E-state index in [2.05, 4.69) is 31.5 Å². The molecule has 3 heterocycles. The Labute approximate surface area is 236 Å². The molecule has 1 saturated heterocycles. The zero-order valence-electron chi connectivity index (χ0n) is 21.2. The minimum Gasteiger partial charge on any atom is -0.481 e. The molecule has 1 amide bonds. The van der Waals surface area contributed by atoms with Crippen molar-refractivity contribution in [1.29, 1.82) is 0 Å². The summed E-state index contributed by atoms with van der Waals surface area (Å²) in [5.41, 5.74) is 1.21. The van der Waals surface area contributed by atoms with E-state index in [1.807, 2.05) is 0 Å². The van der Waals surface area contributed by atoms with Crippen LogP contribution in [0, 0.1) is 5.82 Å². The van der Waals surface area contributed by atoms with E-state index in [4.69, 9.17) is 10.1 Å². The van der Waals surface area contributed by atoms with Crippen molar-refractivity contribution >= 4 is 45.0 Å². The van der Waals surface area contributed by atoms with Crippen molar-refractivity contribution < 1.29 is 27.9 Å². The quantitative estimate of drug-likeness (QED) is 0.307. The van der Waals surface area contributed by atoms with Crippen molar-refractivity contribution in [2.75, 3.05) is 19.6 Å². The molecule has 2 aliphatic heterocycles. The summed E-state index contributed by atoms with van der Waals surface area (Å²) >= 11 is 4.73. The third-order valence-corrected chi connectivity index (χ3v) is 8.09. The number of halogens is 4. The number of thiazole rings is 1. The Kier molecular flexibility index (Phi) is 9.44. The van der Waals surface area contributed by atoms with Crippen molar-refractivity contribution in [2.45, 2.75) is 57.0 Å². The number of benzene rings is 1. The fraction of sp³-hybridized carbons (Fsp3) is 0.462. The van der Waals surface area contributed by atoms with Gasteiger partial charge in [0.25, 0.3) is 11.8 Å². The monoisotopic (exact) mass is 627 g/mol. The smallest absolute Gasteiger partial charge is 0.303 e. The third kappa shape index (κ3) is 7.25. The predicted molar refractivity (Wildman–Crippen MR) is 145 cm³/mol. The van der Waals surface area contributed by atoms with Gasteiger partial charge in [0.05, 0.1) is 12.1 Å². The second-order valence-corrected chi connectivity index (χ2v) is 11.3. The summed E-state index contributed by atoms with van der Waals surface area (Å²) in [4.78, 5) is 35.0. The van der Waals surface area contributed by atoms with Gasteiger partial charge in [-0.2, -0.15) is 0 Å². The summed E-state index contributed by atoms with van der Waals surface area (Å²) < 4.78 is 43.6. The number of carbonyl (C=O) groups is 2. The van der Waals surface area contributed by atoms with E-state index in [1.54, 1.807) is 29.5 Å². The Morgan fingerprint density at radius 2 is 2.13 bits per heavy atom. The van der Waals surface area contributed by atoms with Crippen molar-refractivity contribution in [3.05, 3.63) is 61.9 Å². The zero-order valence-corrected chi connectivity index (χ0v) is 23.6. The molecule has 0 bridgehead atoms. The van der Waals surface area contributed by atoms with Crippen LogP contribution in [0.1, 0.15) is 55.6 Å². The molecule has 0 saturated carbocycles. The number of carboxylic acids is 1. The van der Waals surface area contributed by atoms with Gasteiger partial charge < -0.3 is 15.7 Å². The standard InChI is InChI=1S/C26H29BrF3N5O3S/c1-2-31-24(38)21-19(13-35-14-26(29,30)12-16(35)5-3-4-6-20(36)37)33-23(25-32-9-10-39-25)34-22(21)17-8-7-15(28)11-18(17)27/h7-11,16,22H,2-6,12-14H2,1H3,(H,31,38)(H,33,34)(H,36,37)/t16-,22+/m1/s1. The molecule has 0 radical (unpaired) electrons. The highest BCUT2D eigenvalue weighted by Gasteiger charge is 2.45. The van der Waals surface area contributed by atoms with Crippen LogP contribution in [0.4, 0.5) is 13.2 Å². The van der Waals surface area contributed by atoms with Crippen molar-refractivity contribution in [3.63, 3.8) is 0 Å². The number of carboxylic acid groups (broad SMARTS) is 1. The Bertz CT molecular complexity index is 1270. The van der Waals surface area contributed by atoms with Gasteiger partial charge >= 0.3 is 5.97 Å². The molecule has 13 heteroatoms. The number of amides is 1. The van der Waals surface area contributed by atoms with Gasteiger partial charge in [0.15, 0.2) is 10.8 Å². The van der Waals surface area contributed by atoms with Gasteiger partial charge in [0.1, 0.15) is 11.9 Å². The lowest BCUT2D eigenvalue weighted by molar-refractivity contribution is -0.137. The van der Waals surface area contributed by atoms with E-state index in [9.17, 15) is 22.8 Å². The van der Waals surface area contributed by atoms with Crippen LogP contribution in [0.25, 0.3) is 0 Å². The van der Waals surface area contributed by atoms with Crippen LogP contribution in [0.2, 0.25) is 0 Å². The fourth-order valence-corrected chi connectivity index (χ4v) is 6.09. The average Bonchev–Trinajstić information content (AvgIpc) is 3.49. The van der Waals surface area contributed by atoms with Crippen LogP contribution in [-0.2, 0) is 9.59 Å². The lowest BCUT2D eigenvalue weighted by Gasteiger charge is -2.32. The second kappa shape index (κ2) is 12.6. The molecule has 2 aromatic rings. The largest absolute Gasteiger partial charge is 0.481 e. The number of rotatable bonds is 11. The van der Waals surface area contributed by atoms with Crippen LogP contribution in [0.15, 0.2) is 50.5 Å². The second-order valence-electron chi connectivity index (χ2n) is 9.52. The fourth-order valence-electron chi connectivity index (χ4n) is 4.93. The zero-order chi connectivity index (χ0) is 28.2. The number of aromatic nitrogens is 1. The Morgan fingerprint density at radius 3 is 2.79 bits per heavy atom.